The van der Waals surface area contributed by atoms with Crippen molar-refractivity contribution in [1.29, 1.82) is 0 Å². The zero-order valence-electron chi connectivity index (χ0n) is 24.9. The quantitative estimate of drug-likeness (QED) is 0.286. The number of benzene rings is 1. The number of aliphatic hydroxyl groups excluding tert-OH is 1. The van der Waals surface area contributed by atoms with E-state index in [4.69, 9.17) is 14.2 Å². The lowest BCUT2D eigenvalue weighted by molar-refractivity contribution is 0.00812. The highest BCUT2D eigenvalue weighted by Gasteiger charge is 2.41. The maximum atomic E-state index is 14.4. The Morgan fingerprint density at radius 3 is 2.55 bits per heavy atom. The first-order valence-corrected chi connectivity index (χ1v) is 19.0. The topological polar surface area (TPSA) is 149 Å². The number of anilines is 1. The molecule has 0 unspecified atom stereocenters. The van der Waals surface area contributed by atoms with E-state index < -0.39 is 29.5 Å². The van der Waals surface area contributed by atoms with E-state index in [1.807, 2.05) is 0 Å². The van der Waals surface area contributed by atoms with Crippen molar-refractivity contribution in [3.63, 3.8) is 0 Å². The molecular weight excluding hydrogens is 578 g/mol. The third-order valence-corrected chi connectivity index (χ3v) is 11.3. The van der Waals surface area contributed by atoms with Crippen LogP contribution < -0.4 is 9.04 Å². The number of ether oxygens (including phenoxy) is 3. The number of hydrogen-bond acceptors (Lipinski definition) is 10. The predicted octanol–water partition coefficient (Wildman–Crippen LogP) is 3.34. The highest BCUT2D eigenvalue weighted by Crippen LogP contribution is 2.38. The summed E-state index contributed by atoms with van der Waals surface area (Å²) in [5, 5.41) is 29.9. The number of aliphatic hydroxyl groups is 1. The molecule has 0 aliphatic carbocycles. The van der Waals surface area contributed by atoms with Crippen molar-refractivity contribution < 1.29 is 32.8 Å². The van der Waals surface area contributed by atoms with Crippen molar-refractivity contribution in [1.82, 2.24) is 14.8 Å². The molecule has 0 amide bonds. The summed E-state index contributed by atoms with van der Waals surface area (Å²) in [6.45, 7) is 8.99. The van der Waals surface area contributed by atoms with E-state index in [0.29, 0.717) is 32.1 Å². The lowest BCUT2D eigenvalue weighted by Gasteiger charge is -2.34. The van der Waals surface area contributed by atoms with Gasteiger partial charge in [-0.25, -0.2) is 17.7 Å². The Balaban J connectivity index is 1.94. The van der Waals surface area contributed by atoms with E-state index in [-0.39, 0.29) is 53.0 Å². The monoisotopic (exact) mass is 617 g/mol. The van der Waals surface area contributed by atoms with Gasteiger partial charge in [0.25, 0.3) is 0 Å². The number of para-hydroxylation sites is 1. The second kappa shape index (κ2) is 12.9. The van der Waals surface area contributed by atoms with E-state index in [0.717, 1.165) is 0 Å². The molecule has 0 spiro atoms. The number of sulfonamides is 1. The Bertz CT molecular complexity index is 1530. The van der Waals surface area contributed by atoms with Gasteiger partial charge in [0.15, 0.2) is 11.5 Å². The zero-order chi connectivity index (χ0) is 30.7. The molecule has 228 valence electrons. The molecule has 12 nitrogen and oxygen atoms in total. The maximum absolute atomic E-state index is 14.4. The van der Waals surface area contributed by atoms with Crippen molar-refractivity contribution in [3.05, 3.63) is 41.6 Å². The van der Waals surface area contributed by atoms with Gasteiger partial charge in [-0.2, -0.15) is 0 Å². The first-order valence-electron chi connectivity index (χ1n) is 13.8. The van der Waals surface area contributed by atoms with Crippen molar-refractivity contribution in [2.24, 2.45) is 10.9 Å². The molecule has 2 aliphatic rings. The van der Waals surface area contributed by atoms with Gasteiger partial charge in [-0.1, -0.05) is 31.4 Å². The molecule has 2 aliphatic heterocycles. The normalized spacial score (nSPS) is 17.4. The molecule has 14 heteroatoms. The van der Waals surface area contributed by atoms with E-state index >= 15 is 0 Å². The number of aromatic nitrogens is 3. The molecule has 0 saturated carbocycles. The van der Waals surface area contributed by atoms with Gasteiger partial charge in [-0.3, -0.25) is 4.57 Å². The molecule has 2 aromatic rings. The summed E-state index contributed by atoms with van der Waals surface area (Å²) in [5.74, 6) is 0.0851. The number of methoxy groups -OCH3 is 2. The van der Waals surface area contributed by atoms with Crippen LogP contribution in [0.5, 0.6) is 11.5 Å². The van der Waals surface area contributed by atoms with Crippen LogP contribution in [-0.4, -0.2) is 92.7 Å². The number of hydrogen-bond donors (Lipinski definition) is 2. The number of aromatic hydroxyl groups is 1. The lowest BCUT2D eigenvalue weighted by Crippen LogP contribution is -2.48. The van der Waals surface area contributed by atoms with E-state index in [2.05, 4.69) is 46.3 Å². The van der Waals surface area contributed by atoms with E-state index in [1.165, 1.54) is 42.2 Å². The first-order chi connectivity index (χ1) is 19.9. The SMILES string of the molecule is COC1=NC(c2nnc(N(CC[Si](C)(C)C)S(=O)(=O)[C@H](C)[C@H](O)C3CCOCC3)n2-c2c(O)cccc2OC)=C=C=C1. The molecule has 0 bridgehead atoms. The van der Waals surface area contributed by atoms with Crippen LogP contribution in [0, 0.1) is 5.92 Å². The Morgan fingerprint density at radius 1 is 1.19 bits per heavy atom. The second-order valence-corrected chi connectivity index (χ2v) is 19.3. The van der Waals surface area contributed by atoms with Gasteiger partial charge in [0.2, 0.25) is 21.9 Å². The van der Waals surface area contributed by atoms with Gasteiger partial charge < -0.3 is 24.4 Å². The molecule has 42 heavy (non-hydrogen) atoms. The van der Waals surface area contributed by atoms with Crippen LogP contribution in [0.2, 0.25) is 25.7 Å². The van der Waals surface area contributed by atoms with Gasteiger partial charge in [-0.15, -0.1) is 10.2 Å². The first kappa shape index (κ1) is 31.6. The third-order valence-electron chi connectivity index (χ3n) is 7.39. The van der Waals surface area contributed by atoms with Crippen LogP contribution in [-0.2, 0) is 19.5 Å². The Labute approximate surface area is 247 Å². The molecule has 2 atom stereocenters. The van der Waals surface area contributed by atoms with Crippen LogP contribution in [0.4, 0.5) is 5.95 Å². The molecule has 1 fully saturated rings. The summed E-state index contributed by atoms with van der Waals surface area (Å²) in [5.41, 5.74) is 6.00. The van der Waals surface area contributed by atoms with Crippen LogP contribution in [0.25, 0.3) is 11.4 Å². The molecule has 1 saturated heterocycles. The van der Waals surface area contributed by atoms with Gasteiger partial charge in [-0.05, 0) is 49.6 Å². The summed E-state index contributed by atoms with van der Waals surface area (Å²) in [6, 6.07) is 5.30. The van der Waals surface area contributed by atoms with Crippen LogP contribution >= 0.6 is 0 Å². The molecular formula is C28H39N5O7SSi. The standard InChI is InChI=1S/C28H39N5O7SSi/c1-19(26(35)20-13-16-40-17-14-20)41(36,37)32(15-18-42(4,5)6)28-31-30-27(21-9-7-12-24(29-21)39-3)33(28)25-22(34)10-8-11-23(25)38-2/h8,10-12,19-20,26,34-35H,13-18H2,1-6H3/t19-,26+/m1/s1. The van der Waals surface area contributed by atoms with Crippen molar-refractivity contribution in [3.8, 4) is 17.2 Å². The summed E-state index contributed by atoms with van der Waals surface area (Å²) >= 11 is 0. The summed E-state index contributed by atoms with van der Waals surface area (Å²) in [4.78, 5) is 4.41. The van der Waals surface area contributed by atoms with Crippen LogP contribution in [0.1, 0.15) is 25.6 Å². The second-order valence-electron chi connectivity index (χ2n) is 11.5. The molecule has 0 radical (unpaired) electrons. The lowest BCUT2D eigenvalue weighted by atomic mass is 9.92. The number of phenols is 1. The minimum absolute atomic E-state index is 0.0768. The smallest absolute Gasteiger partial charge is 0.246 e. The van der Waals surface area contributed by atoms with Crippen LogP contribution in [0.3, 0.4) is 0 Å². The van der Waals surface area contributed by atoms with Crippen LogP contribution in [0.15, 0.2) is 40.7 Å². The van der Waals surface area contributed by atoms with Crippen molar-refractivity contribution >= 4 is 35.6 Å². The Kier molecular flexibility index (Phi) is 9.66. The molecule has 2 N–H and O–H groups in total. The van der Waals surface area contributed by atoms with Crippen molar-refractivity contribution in [2.75, 3.05) is 38.3 Å². The fourth-order valence-corrected chi connectivity index (χ4v) is 7.56. The number of nitrogens with zero attached hydrogens (tertiary/aromatic N) is 5. The zero-order valence-corrected chi connectivity index (χ0v) is 26.7. The molecule has 4 rings (SSSR count). The Hall–Kier alpha value is -3.38. The highest BCUT2D eigenvalue weighted by molar-refractivity contribution is 7.93. The van der Waals surface area contributed by atoms with Gasteiger partial charge in [0.1, 0.15) is 22.4 Å². The summed E-state index contributed by atoms with van der Waals surface area (Å²) in [7, 11) is -3.09. The fraction of sp³-hybridized carbons (Fsp3) is 0.536. The van der Waals surface area contributed by atoms with E-state index in [1.54, 1.807) is 12.1 Å². The predicted molar refractivity (Wildman–Crippen MR) is 162 cm³/mol. The van der Waals surface area contributed by atoms with Gasteiger partial charge in [0, 0.05) is 27.8 Å². The van der Waals surface area contributed by atoms with Crippen molar-refractivity contribution in [2.45, 2.75) is 56.8 Å². The number of aliphatic imine (C=N–C) groups is 1. The summed E-state index contributed by atoms with van der Waals surface area (Å²) < 4.78 is 47.7. The minimum atomic E-state index is -4.21. The maximum Gasteiger partial charge on any atom is 0.246 e. The highest BCUT2D eigenvalue weighted by atomic mass is 32.2. The average Bonchev–Trinajstić information content (AvgIpc) is 3.40. The number of rotatable bonds is 11. The average molecular weight is 618 g/mol. The summed E-state index contributed by atoms with van der Waals surface area (Å²) in [6.07, 6.45) is 1.51. The molecule has 1 aromatic carbocycles. The minimum Gasteiger partial charge on any atom is -0.506 e. The number of phenolic OH excluding ortho intramolecular Hbond substituents is 1. The fourth-order valence-electron chi connectivity index (χ4n) is 4.84. The molecule has 3 heterocycles. The molecule has 1 aromatic heterocycles. The van der Waals surface area contributed by atoms with E-state index in [9.17, 15) is 18.6 Å². The van der Waals surface area contributed by atoms with Gasteiger partial charge >= 0.3 is 0 Å². The Morgan fingerprint density at radius 2 is 1.90 bits per heavy atom. The third kappa shape index (κ3) is 6.64. The van der Waals surface area contributed by atoms with Gasteiger partial charge in [0.05, 0.1) is 26.4 Å². The largest absolute Gasteiger partial charge is 0.506 e.